The van der Waals surface area contributed by atoms with Crippen molar-refractivity contribution in [1.82, 2.24) is 9.13 Å². The predicted molar refractivity (Wildman–Crippen MR) is 145 cm³/mol. The summed E-state index contributed by atoms with van der Waals surface area (Å²) in [5, 5.41) is 0. The fourth-order valence-electron chi connectivity index (χ4n) is 4.42. The van der Waals surface area contributed by atoms with Gasteiger partial charge in [-0.3, -0.25) is 9.59 Å². The number of rotatable bonds is 8. The van der Waals surface area contributed by atoms with Crippen LogP contribution in [0.2, 0.25) is 0 Å². The topological polar surface area (TPSA) is 68.7 Å². The highest BCUT2D eigenvalue weighted by atomic mass is 32.1. The molecule has 184 valence electrons. The Morgan fingerprint density at radius 1 is 0.686 bits per heavy atom. The SMILES string of the molecule is Cc1cccc2sc(=NC(=O)CCCCCCCC(=O)N=c3sc4cccc(C)c4n3C)n(C)c12. The van der Waals surface area contributed by atoms with Crippen LogP contribution in [0.5, 0.6) is 0 Å². The number of hydrogen-bond acceptors (Lipinski definition) is 4. The number of benzene rings is 2. The van der Waals surface area contributed by atoms with Gasteiger partial charge in [0.05, 0.1) is 20.4 Å². The summed E-state index contributed by atoms with van der Waals surface area (Å²) < 4.78 is 6.32. The van der Waals surface area contributed by atoms with E-state index in [0.717, 1.165) is 62.1 Å². The van der Waals surface area contributed by atoms with Gasteiger partial charge < -0.3 is 9.13 Å². The van der Waals surface area contributed by atoms with E-state index in [1.54, 1.807) is 22.7 Å². The molecule has 0 saturated heterocycles. The van der Waals surface area contributed by atoms with Crippen molar-refractivity contribution >= 4 is 54.9 Å². The van der Waals surface area contributed by atoms with Crippen LogP contribution in [-0.4, -0.2) is 20.9 Å². The number of hydrogen-bond donors (Lipinski definition) is 0. The molecule has 0 unspecified atom stereocenters. The number of carbonyl (C=O) groups is 2. The molecule has 4 rings (SSSR count). The van der Waals surface area contributed by atoms with E-state index in [-0.39, 0.29) is 11.8 Å². The molecule has 0 spiro atoms. The standard InChI is InChI=1S/C27H32N4O2S2/c1-18-12-10-14-20-24(18)30(3)26(34-20)28-22(32)16-8-6-5-7-9-17-23(33)29-27-31(4)25-19(2)13-11-15-21(25)35-27/h10-15H,5-9,16-17H2,1-4H3. The van der Waals surface area contributed by atoms with Crippen molar-refractivity contribution in [3.63, 3.8) is 0 Å². The van der Waals surface area contributed by atoms with Gasteiger partial charge in [-0.2, -0.15) is 9.98 Å². The van der Waals surface area contributed by atoms with E-state index in [0.29, 0.717) is 12.8 Å². The Kier molecular flexibility index (Phi) is 8.13. The number of carbonyl (C=O) groups excluding carboxylic acids is 2. The van der Waals surface area contributed by atoms with Gasteiger partial charge in [0.1, 0.15) is 0 Å². The summed E-state index contributed by atoms with van der Waals surface area (Å²) in [4.78, 5) is 34.9. The molecule has 0 bridgehead atoms. The molecule has 2 aromatic carbocycles. The number of unbranched alkanes of at least 4 members (excludes halogenated alkanes) is 4. The summed E-state index contributed by atoms with van der Waals surface area (Å²) >= 11 is 3.11. The number of thiazole rings is 2. The smallest absolute Gasteiger partial charge is 0.248 e. The minimum Gasteiger partial charge on any atom is -0.319 e. The van der Waals surface area contributed by atoms with Crippen molar-refractivity contribution in [2.45, 2.75) is 58.8 Å². The zero-order valence-electron chi connectivity index (χ0n) is 20.8. The first-order valence-electron chi connectivity index (χ1n) is 12.1. The molecule has 2 heterocycles. The van der Waals surface area contributed by atoms with E-state index in [2.05, 4.69) is 48.1 Å². The molecule has 35 heavy (non-hydrogen) atoms. The second kappa shape index (κ2) is 11.3. The predicted octanol–water partition coefficient (Wildman–Crippen LogP) is 5.70. The molecule has 0 atom stereocenters. The van der Waals surface area contributed by atoms with Gasteiger partial charge in [-0.25, -0.2) is 0 Å². The molecular weight excluding hydrogens is 476 g/mol. The molecule has 0 aliphatic heterocycles. The van der Waals surface area contributed by atoms with Gasteiger partial charge in [-0.1, -0.05) is 66.2 Å². The number of fused-ring (bicyclic) bond motifs is 2. The van der Waals surface area contributed by atoms with Crippen molar-refractivity contribution in [3.8, 4) is 0 Å². The second-order valence-corrected chi connectivity index (χ2v) is 11.0. The second-order valence-electron chi connectivity index (χ2n) is 9.01. The average Bonchev–Trinajstić information content (AvgIpc) is 3.30. The summed E-state index contributed by atoms with van der Waals surface area (Å²) in [6.45, 7) is 4.15. The summed E-state index contributed by atoms with van der Waals surface area (Å²) in [6.07, 6.45) is 5.51. The Morgan fingerprint density at radius 2 is 1.09 bits per heavy atom. The highest BCUT2D eigenvalue weighted by Crippen LogP contribution is 2.21. The lowest BCUT2D eigenvalue weighted by atomic mass is 10.1. The number of aromatic nitrogens is 2. The Hall–Kier alpha value is -2.84. The monoisotopic (exact) mass is 508 g/mol. The number of nitrogens with zero attached hydrogens (tertiary/aromatic N) is 4. The zero-order valence-corrected chi connectivity index (χ0v) is 22.5. The first-order valence-corrected chi connectivity index (χ1v) is 13.7. The van der Waals surface area contributed by atoms with Crippen LogP contribution in [0.1, 0.15) is 56.1 Å². The third-order valence-corrected chi connectivity index (χ3v) is 8.46. The molecule has 2 aromatic heterocycles. The molecule has 0 saturated carbocycles. The van der Waals surface area contributed by atoms with E-state index in [4.69, 9.17) is 0 Å². The first-order chi connectivity index (χ1) is 16.8. The molecule has 2 amide bonds. The van der Waals surface area contributed by atoms with Crippen molar-refractivity contribution in [2.75, 3.05) is 0 Å². The van der Waals surface area contributed by atoms with Gasteiger partial charge >= 0.3 is 0 Å². The lowest BCUT2D eigenvalue weighted by molar-refractivity contribution is -0.118. The van der Waals surface area contributed by atoms with Gasteiger partial charge in [-0.15, -0.1) is 0 Å². The maximum absolute atomic E-state index is 12.4. The Balaban J connectivity index is 1.20. The number of para-hydroxylation sites is 2. The highest BCUT2D eigenvalue weighted by Gasteiger charge is 2.08. The molecule has 0 aliphatic carbocycles. The minimum atomic E-state index is -0.0646. The van der Waals surface area contributed by atoms with Crippen LogP contribution in [0.3, 0.4) is 0 Å². The molecule has 0 radical (unpaired) electrons. The normalized spacial score (nSPS) is 12.8. The first kappa shape index (κ1) is 25.3. The van der Waals surface area contributed by atoms with Gasteiger partial charge in [0.2, 0.25) is 11.8 Å². The Morgan fingerprint density at radius 3 is 1.49 bits per heavy atom. The largest absolute Gasteiger partial charge is 0.319 e. The third-order valence-electron chi connectivity index (χ3n) is 6.27. The van der Waals surface area contributed by atoms with Gasteiger partial charge in [0, 0.05) is 26.9 Å². The lowest BCUT2D eigenvalue weighted by Crippen LogP contribution is -2.13. The highest BCUT2D eigenvalue weighted by molar-refractivity contribution is 7.16. The Bertz CT molecular complexity index is 1400. The van der Waals surface area contributed by atoms with Gasteiger partial charge in [0.25, 0.3) is 0 Å². The van der Waals surface area contributed by atoms with Crippen molar-refractivity contribution < 1.29 is 9.59 Å². The van der Waals surface area contributed by atoms with Gasteiger partial charge in [-0.05, 0) is 49.9 Å². The fraction of sp³-hybridized carbons (Fsp3) is 0.407. The molecule has 6 nitrogen and oxygen atoms in total. The van der Waals surface area contributed by atoms with Crippen molar-refractivity contribution in [3.05, 3.63) is 57.1 Å². The Labute approximate surface area is 213 Å². The van der Waals surface area contributed by atoms with Crippen LogP contribution in [-0.2, 0) is 23.7 Å². The van der Waals surface area contributed by atoms with Crippen molar-refractivity contribution in [2.24, 2.45) is 24.1 Å². The van der Waals surface area contributed by atoms with Crippen LogP contribution in [0.25, 0.3) is 20.4 Å². The summed E-state index contributed by atoms with van der Waals surface area (Å²) in [5.74, 6) is -0.129. The summed E-state index contributed by atoms with van der Waals surface area (Å²) in [5.41, 5.74) is 4.66. The van der Waals surface area contributed by atoms with E-state index in [9.17, 15) is 9.59 Å². The summed E-state index contributed by atoms with van der Waals surface area (Å²) in [7, 11) is 3.93. The van der Waals surface area contributed by atoms with E-state index in [1.807, 2.05) is 35.4 Å². The average molecular weight is 509 g/mol. The van der Waals surface area contributed by atoms with Crippen molar-refractivity contribution in [1.29, 1.82) is 0 Å². The maximum Gasteiger partial charge on any atom is 0.248 e. The van der Waals surface area contributed by atoms with E-state index >= 15 is 0 Å². The molecule has 0 aliphatic rings. The van der Waals surface area contributed by atoms with Crippen LogP contribution < -0.4 is 9.60 Å². The quantitative estimate of drug-likeness (QED) is 0.287. The van der Waals surface area contributed by atoms with Crippen LogP contribution >= 0.6 is 22.7 Å². The minimum absolute atomic E-state index is 0.0646. The van der Waals surface area contributed by atoms with Crippen LogP contribution in [0, 0.1) is 13.8 Å². The van der Waals surface area contributed by atoms with Crippen LogP contribution in [0.4, 0.5) is 0 Å². The van der Waals surface area contributed by atoms with Gasteiger partial charge in [0.15, 0.2) is 9.60 Å². The fourth-order valence-corrected chi connectivity index (χ4v) is 6.64. The zero-order chi connectivity index (χ0) is 24.9. The van der Waals surface area contributed by atoms with E-state index < -0.39 is 0 Å². The van der Waals surface area contributed by atoms with Crippen LogP contribution in [0.15, 0.2) is 46.4 Å². The number of aryl methyl sites for hydroxylation is 4. The third kappa shape index (κ3) is 5.87. The van der Waals surface area contributed by atoms with E-state index in [1.165, 1.54) is 11.1 Å². The molecule has 0 fully saturated rings. The molecule has 0 N–H and O–H groups in total. The maximum atomic E-state index is 12.4. The molecule has 4 aromatic rings. The molecule has 8 heteroatoms. The lowest BCUT2D eigenvalue weighted by Gasteiger charge is -2.00. The summed E-state index contributed by atoms with van der Waals surface area (Å²) in [6, 6.07) is 12.4. The molecular formula is C27H32N4O2S2. The number of amides is 2.